The first kappa shape index (κ1) is 22.1. The lowest BCUT2D eigenvalue weighted by molar-refractivity contribution is 0.157. The van der Waals surface area contributed by atoms with Gasteiger partial charge < -0.3 is 4.74 Å². The van der Waals surface area contributed by atoms with Crippen LogP contribution in [0.2, 0.25) is 0 Å². The zero-order valence-electron chi connectivity index (χ0n) is 20.0. The van der Waals surface area contributed by atoms with Crippen LogP contribution in [-0.2, 0) is 32.2 Å². The van der Waals surface area contributed by atoms with Crippen molar-refractivity contribution in [3.8, 4) is 17.0 Å². The first-order valence-corrected chi connectivity index (χ1v) is 12.3. The number of rotatable bonds is 5. The summed E-state index contributed by atoms with van der Waals surface area (Å²) in [6, 6.07) is 14.2. The first-order valence-electron chi connectivity index (χ1n) is 12.3. The molecule has 0 fully saturated rings. The molecule has 3 nitrogen and oxygen atoms in total. The molecule has 0 radical (unpaired) electrons. The van der Waals surface area contributed by atoms with Crippen molar-refractivity contribution in [1.82, 2.24) is 9.88 Å². The minimum absolute atomic E-state index is 0.148. The maximum Gasteiger partial charge on any atom is 0.127 e. The number of hydrogen-bond acceptors (Lipinski definition) is 3. The highest BCUT2D eigenvalue weighted by Gasteiger charge is 2.32. The monoisotopic (exact) mass is 444 g/mol. The van der Waals surface area contributed by atoms with Gasteiger partial charge in [-0.25, -0.2) is 4.39 Å². The fraction of sp³-hybridized carbons (Fsp3) is 0.414. The molecule has 172 valence electrons. The molecule has 3 aromatic rings. The van der Waals surface area contributed by atoms with Crippen LogP contribution in [0, 0.1) is 5.82 Å². The highest BCUT2D eigenvalue weighted by molar-refractivity contribution is 5.70. The van der Waals surface area contributed by atoms with Crippen molar-refractivity contribution in [3.05, 3.63) is 81.8 Å². The molecule has 0 spiro atoms. The third-order valence-electron chi connectivity index (χ3n) is 7.45. The Morgan fingerprint density at radius 3 is 2.55 bits per heavy atom. The van der Waals surface area contributed by atoms with Gasteiger partial charge in [0.1, 0.15) is 11.6 Å². The number of halogens is 1. The van der Waals surface area contributed by atoms with Gasteiger partial charge in [0.15, 0.2) is 0 Å². The molecule has 1 unspecified atom stereocenters. The molecule has 33 heavy (non-hydrogen) atoms. The van der Waals surface area contributed by atoms with Crippen LogP contribution in [0.25, 0.3) is 11.3 Å². The van der Waals surface area contributed by atoms with E-state index < -0.39 is 0 Å². The average molecular weight is 445 g/mol. The lowest BCUT2D eigenvalue weighted by Crippen LogP contribution is -2.36. The van der Waals surface area contributed by atoms with E-state index in [1.54, 1.807) is 19.2 Å². The molecular weight excluding hydrogens is 411 g/mol. The van der Waals surface area contributed by atoms with Gasteiger partial charge in [0.05, 0.1) is 12.8 Å². The SMILES string of the molecule is CCc1cccc(CC)c1-c1cc(OC)c2c(n1)CCCC2N1CCc2ccc(F)cc2C1. The van der Waals surface area contributed by atoms with Gasteiger partial charge in [-0.05, 0) is 72.9 Å². The van der Waals surface area contributed by atoms with Crippen LogP contribution in [0.3, 0.4) is 0 Å². The molecule has 1 aliphatic carbocycles. The van der Waals surface area contributed by atoms with Crippen molar-refractivity contribution in [2.45, 2.75) is 65.0 Å². The lowest BCUT2D eigenvalue weighted by atomic mass is 9.86. The van der Waals surface area contributed by atoms with Crippen LogP contribution in [0.1, 0.15) is 66.2 Å². The molecule has 0 saturated carbocycles. The summed E-state index contributed by atoms with van der Waals surface area (Å²) in [6.07, 6.45) is 6.09. The minimum atomic E-state index is -0.148. The Hall–Kier alpha value is -2.72. The number of nitrogens with zero attached hydrogens (tertiary/aromatic N) is 2. The molecule has 1 aromatic heterocycles. The quantitative estimate of drug-likeness (QED) is 0.452. The van der Waals surface area contributed by atoms with E-state index in [0.29, 0.717) is 0 Å². The van der Waals surface area contributed by atoms with Gasteiger partial charge in [0.2, 0.25) is 0 Å². The first-order chi connectivity index (χ1) is 16.1. The molecule has 0 bridgehead atoms. The van der Waals surface area contributed by atoms with Crippen LogP contribution < -0.4 is 4.74 Å². The topological polar surface area (TPSA) is 25.4 Å². The summed E-state index contributed by atoms with van der Waals surface area (Å²) in [4.78, 5) is 7.75. The van der Waals surface area contributed by atoms with Crippen LogP contribution in [0.4, 0.5) is 4.39 Å². The zero-order valence-corrected chi connectivity index (χ0v) is 20.0. The maximum absolute atomic E-state index is 13.9. The van der Waals surface area contributed by atoms with Crippen molar-refractivity contribution in [2.75, 3.05) is 13.7 Å². The standard InChI is InChI=1S/C29H33FN2O/c1-4-19-8-6-9-20(5-2)28(19)25-17-27(33-3)29-24(31-25)10-7-11-26(29)32-15-14-21-12-13-23(30)16-22(21)18-32/h6,8-9,12-13,16-17,26H,4-5,7,10-11,14-15,18H2,1-3H3. The fourth-order valence-corrected chi connectivity index (χ4v) is 5.78. The van der Waals surface area contributed by atoms with Crippen LogP contribution in [0.15, 0.2) is 42.5 Å². The summed E-state index contributed by atoms with van der Waals surface area (Å²) >= 11 is 0. The minimum Gasteiger partial charge on any atom is -0.496 e. The molecule has 1 aliphatic heterocycles. The molecular formula is C29H33FN2O. The summed E-state index contributed by atoms with van der Waals surface area (Å²) in [7, 11) is 1.78. The number of benzene rings is 2. The van der Waals surface area contributed by atoms with Gasteiger partial charge in [0, 0.05) is 42.0 Å². The van der Waals surface area contributed by atoms with E-state index in [2.05, 4.69) is 43.0 Å². The lowest BCUT2D eigenvalue weighted by Gasteiger charge is -2.39. The van der Waals surface area contributed by atoms with Gasteiger partial charge in [-0.3, -0.25) is 9.88 Å². The third-order valence-corrected chi connectivity index (χ3v) is 7.45. The maximum atomic E-state index is 13.9. The Bertz CT molecular complexity index is 1130. The second-order valence-electron chi connectivity index (χ2n) is 9.27. The number of aryl methyl sites for hydroxylation is 3. The highest BCUT2D eigenvalue weighted by Crippen LogP contribution is 2.43. The molecule has 2 aliphatic rings. The van der Waals surface area contributed by atoms with Gasteiger partial charge >= 0.3 is 0 Å². The number of ether oxygens (including phenoxy) is 1. The molecule has 4 heteroatoms. The predicted molar refractivity (Wildman–Crippen MR) is 131 cm³/mol. The van der Waals surface area contributed by atoms with Crippen LogP contribution in [0.5, 0.6) is 5.75 Å². The predicted octanol–water partition coefficient (Wildman–Crippen LogP) is 6.46. The molecule has 0 N–H and O–H groups in total. The Balaban J connectivity index is 1.56. The summed E-state index contributed by atoms with van der Waals surface area (Å²) in [6.45, 7) is 6.18. The van der Waals surface area contributed by atoms with E-state index in [-0.39, 0.29) is 11.9 Å². The number of fused-ring (bicyclic) bond motifs is 2. The van der Waals surface area contributed by atoms with Gasteiger partial charge in [-0.15, -0.1) is 0 Å². The van der Waals surface area contributed by atoms with Crippen molar-refractivity contribution in [1.29, 1.82) is 0 Å². The van der Waals surface area contributed by atoms with Gasteiger partial charge in [0.25, 0.3) is 0 Å². The summed E-state index contributed by atoms with van der Waals surface area (Å²) in [5, 5.41) is 0. The Morgan fingerprint density at radius 1 is 1.03 bits per heavy atom. The Labute approximate surface area is 196 Å². The van der Waals surface area contributed by atoms with Crippen molar-refractivity contribution >= 4 is 0 Å². The van der Waals surface area contributed by atoms with Crippen LogP contribution in [-0.4, -0.2) is 23.5 Å². The van der Waals surface area contributed by atoms with Crippen LogP contribution >= 0.6 is 0 Å². The molecule has 0 saturated heterocycles. The second kappa shape index (κ2) is 9.26. The molecule has 1 atom stereocenters. The normalized spacial score (nSPS) is 18.0. The molecule has 5 rings (SSSR count). The zero-order chi connectivity index (χ0) is 22.9. The molecule has 2 aromatic carbocycles. The van der Waals surface area contributed by atoms with Crippen molar-refractivity contribution in [2.24, 2.45) is 0 Å². The van der Waals surface area contributed by atoms with E-state index in [1.807, 2.05) is 6.07 Å². The summed E-state index contributed by atoms with van der Waals surface area (Å²) in [5.41, 5.74) is 9.77. The number of methoxy groups -OCH3 is 1. The average Bonchev–Trinajstić information content (AvgIpc) is 2.86. The van der Waals surface area contributed by atoms with E-state index in [9.17, 15) is 4.39 Å². The Morgan fingerprint density at radius 2 is 1.82 bits per heavy atom. The van der Waals surface area contributed by atoms with Gasteiger partial charge in [-0.1, -0.05) is 38.1 Å². The van der Waals surface area contributed by atoms with Crippen molar-refractivity contribution < 1.29 is 9.13 Å². The summed E-state index contributed by atoms with van der Waals surface area (Å²) < 4.78 is 19.9. The largest absolute Gasteiger partial charge is 0.496 e. The van der Waals surface area contributed by atoms with Gasteiger partial charge in [-0.2, -0.15) is 0 Å². The van der Waals surface area contributed by atoms with E-state index in [1.165, 1.54) is 33.5 Å². The highest BCUT2D eigenvalue weighted by atomic mass is 19.1. The number of hydrogen-bond donors (Lipinski definition) is 0. The van der Waals surface area contributed by atoms with Crippen molar-refractivity contribution in [3.63, 3.8) is 0 Å². The fourth-order valence-electron chi connectivity index (χ4n) is 5.78. The van der Waals surface area contributed by atoms with E-state index >= 15 is 0 Å². The molecule has 0 amide bonds. The number of aromatic nitrogens is 1. The molecule has 2 heterocycles. The van der Waals surface area contributed by atoms with E-state index in [4.69, 9.17) is 9.72 Å². The smallest absolute Gasteiger partial charge is 0.127 e. The van der Waals surface area contributed by atoms with E-state index in [0.717, 1.165) is 68.6 Å². The second-order valence-corrected chi connectivity index (χ2v) is 9.27. The summed E-state index contributed by atoms with van der Waals surface area (Å²) in [5.74, 6) is 0.794. The number of pyridine rings is 1. The Kier molecular flexibility index (Phi) is 6.20. The third kappa shape index (κ3) is 4.06.